The van der Waals surface area contributed by atoms with Crippen LogP contribution in [0.3, 0.4) is 0 Å². The number of methoxy groups -OCH3 is 2. The molecule has 61 heavy (non-hydrogen) atoms. The third-order valence-corrected chi connectivity index (χ3v) is 13.0. The van der Waals surface area contributed by atoms with Crippen molar-refractivity contribution in [2.24, 2.45) is 33.9 Å². The highest BCUT2D eigenvalue weighted by Gasteiger charge is 2.70. The van der Waals surface area contributed by atoms with Crippen LogP contribution in [0.5, 0.6) is 17.2 Å². The van der Waals surface area contributed by atoms with Gasteiger partial charge in [-0.25, -0.2) is 4.90 Å². The van der Waals surface area contributed by atoms with Gasteiger partial charge >= 0.3 is 0 Å². The van der Waals surface area contributed by atoms with E-state index in [1.54, 1.807) is 60.7 Å². The summed E-state index contributed by atoms with van der Waals surface area (Å²) in [6.45, 7) is 0. The number of ether oxygens (including phenoxy) is 2. The van der Waals surface area contributed by atoms with Crippen LogP contribution < -0.4 is 24.2 Å². The molecular formula is C48H42ClN5O7. The molecular weight excluding hydrogens is 794 g/mol. The highest BCUT2D eigenvalue weighted by molar-refractivity contribution is 6.32. The van der Waals surface area contributed by atoms with Crippen molar-refractivity contribution in [1.82, 2.24) is 0 Å². The number of azo groups is 1. The number of fused-ring (bicyclic) bond motifs is 4. The first-order valence-corrected chi connectivity index (χ1v) is 20.4. The van der Waals surface area contributed by atoms with E-state index in [1.807, 2.05) is 79.7 Å². The van der Waals surface area contributed by atoms with Crippen molar-refractivity contribution >= 4 is 63.7 Å². The molecule has 5 aromatic carbocycles. The Hall–Kier alpha value is -6.79. The molecule has 13 heteroatoms. The fourth-order valence-corrected chi connectivity index (χ4v) is 10.2. The number of nitrogens with zero attached hydrogens (tertiary/aromatic N) is 5. The van der Waals surface area contributed by atoms with Gasteiger partial charge in [-0.15, -0.1) is 0 Å². The summed E-state index contributed by atoms with van der Waals surface area (Å²) >= 11 is 6.45. The number of amides is 4. The van der Waals surface area contributed by atoms with Gasteiger partial charge < -0.3 is 19.5 Å². The number of benzene rings is 5. The third kappa shape index (κ3) is 6.27. The summed E-state index contributed by atoms with van der Waals surface area (Å²) < 4.78 is 11.3. The minimum absolute atomic E-state index is 0.109. The van der Waals surface area contributed by atoms with Gasteiger partial charge in [0.1, 0.15) is 0 Å². The summed E-state index contributed by atoms with van der Waals surface area (Å²) in [4.78, 5) is 64.4. The van der Waals surface area contributed by atoms with E-state index in [-0.39, 0.29) is 41.9 Å². The number of rotatable bonds is 9. The molecule has 0 aromatic heterocycles. The van der Waals surface area contributed by atoms with E-state index in [0.717, 1.165) is 11.3 Å². The SMILES string of the molecule is COc1cc(C2C3=CCC4C(=O)N(c5ccc(N=Nc6ccc(N(C)C)cc6)cc5)C(=O)C4C3CC3C(=O)N(c4cccc(Cl)c4)C(=O)C32c2ccccc2)cc(OC)c1O. The smallest absolute Gasteiger partial charge is 0.246 e. The number of halogens is 1. The lowest BCUT2D eigenvalue weighted by Crippen LogP contribution is -2.53. The van der Waals surface area contributed by atoms with Crippen molar-refractivity contribution in [2.45, 2.75) is 24.2 Å². The van der Waals surface area contributed by atoms with Gasteiger partial charge in [0, 0.05) is 30.7 Å². The van der Waals surface area contributed by atoms with Crippen molar-refractivity contribution in [3.05, 3.63) is 143 Å². The number of hydrogen-bond acceptors (Lipinski definition) is 10. The molecule has 1 saturated carbocycles. The Morgan fingerprint density at radius 1 is 0.721 bits per heavy atom. The Morgan fingerprint density at radius 3 is 1.97 bits per heavy atom. The maximum Gasteiger partial charge on any atom is 0.246 e. The van der Waals surface area contributed by atoms with Gasteiger partial charge in [0.25, 0.3) is 0 Å². The molecule has 0 spiro atoms. The number of carbonyl (C=O) groups is 4. The quantitative estimate of drug-likeness (QED) is 0.0882. The van der Waals surface area contributed by atoms with Gasteiger partial charge in [0.15, 0.2) is 11.5 Å². The van der Waals surface area contributed by atoms with Gasteiger partial charge in [-0.05, 0) is 109 Å². The fraction of sp³-hybridized carbons (Fsp3) is 0.250. The molecule has 2 aliphatic carbocycles. The highest BCUT2D eigenvalue weighted by Crippen LogP contribution is 2.65. The zero-order valence-electron chi connectivity index (χ0n) is 33.9. The predicted molar refractivity (Wildman–Crippen MR) is 231 cm³/mol. The first-order valence-electron chi connectivity index (χ1n) is 20.0. The number of imide groups is 2. The number of allylic oxidation sites excluding steroid dienone is 2. The lowest BCUT2D eigenvalue weighted by Gasteiger charge is -2.50. The number of anilines is 3. The molecule has 6 atom stereocenters. The topological polar surface area (TPSA) is 141 Å². The molecule has 308 valence electrons. The third-order valence-electron chi connectivity index (χ3n) is 12.8. The maximum atomic E-state index is 15.6. The van der Waals surface area contributed by atoms with E-state index in [9.17, 15) is 14.7 Å². The molecule has 6 unspecified atom stereocenters. The Morgan fingerprint density at radius 2 is 1.36 bits per heavy atom. The Kier molecular flexibility index (Phi) is 9.98. The summed E-state index contributed by atoms with van der Waals surface area (Å²) in [5.74, 6) is -5.57. The summed E-state index contributed by atoms with van der Waals surface area (Å²) in [5.41, 5.74) is 3.36. The van der Waals surface area contributed by atoms with Crippen molar-refractivity contribution in [2.75, 3.05) is 43.0 Å². The first-order chi connectivity index (χ1) is 29.5. The van der Waals surface area contributed by atoms with E-state index < -0.39 is 46.8 Å². The zero-order chi connectivity index (χ0) is 42.7. The molecule has 2 aliphatic heterocycles. The maximum absolute atomic E-state index is 15.6. The molecule has 1 N–H and O–H groups in total. The molecule has 0 radical (unpaired) electrons. The number of carbonyl (C=O) groups excluding carboxylic acids is 4. The van der Waals surface area contributed by atoms with Crippen LogP contribution >= 0.6 is 11.6 Å². The van der Waals surface area contributed by atoms with Gasteiger partial charge in [0.2, 0.25) is 29.4 Å². The Labute approximate surface area is 357 Å². The van der Waals surface area contributed by atoms with E-state index in [4.69, 9.17) is 21.1 Å². The van der Waals surface area contributed by atoms with Gasteiger partial charge in [-0.3, -0.25) is 24.1 Å². The molecule has 2 saturated heterocycles. The van der Waals surface area contributed by atoms with Gasteiger partial charge in [-0.1, -0.05) is 59.6 Å². The molecule has 3 fully saturated rings. The lowest BCUT2D eigenvalue weighted by atomic mass is 9.49. The normalized spacial score (nSPS) is 24.4. The summed E-state index contributed by atoms with van der Waals surface area (Å²) in [5, 5.41) is 20.1. The van der Waals surface area contributed by atoms with Crippen LogP contribution in [-0.4, -0.2) is 57.1 Å². The second kappa shape index (κ2) is 15.3. The monoisotopic (exact) mass is 835 g/mol. The largest absolute Gasteiger partial charge is 0.502 e. The second-order valence-electron chi connectivity index (χ2n) is 16.0. The molecule has 9 rings (SSSR count). The molecule has 2 heterocycles. The Balaban J connectivity index is 1.14. The molecule has 4 amide bonds. The minimum Gasteiger partial charge on any atom is -0.502 e. The summed E-state index contributed by atoms with van der Waals surface area (Å²) in [6, 6.07) is 33.6. The van der Waals surface area contributed by atoms with Crippen LogP contribution in [0.25, 0.3) is 0 Å². The van der Waals surface area contributed by atoms with Crippen LogP contribution in [0.2, 0.25) is 5.02 Å². The van der Waals surface area contributed by atoms with Crippen LogP contribution in [0.4, 0.5) is 28.4 Å². The number of phenols is 1. The number of phenolic OH excluding ortho intramolecular Hbond substituents is 1. The lowest BCUT2D eigenvalue weighted by molar-refractivity contribution is -0.127. The molecule has 4 aliphatic rings. The summed E-state index contributed by atoms with van der Waals surface area (Å²) in [6.07, 6.45) is 2.33. The second-order valence-corrected chi connectivity index (χ2v) is 16.4. The standard InChI is InChI=1S/C48H42ClN5O7/c1-52(2)32-17-13-30(14-18-32)50-51-31-15-19-33(20-16-31)53-44(56)36-22-21-35-37(41(36)46(53)58)26-38-45(57)54(34-12-8-11-29(49)25-34)47(59)48(38,28-9-6-5-7-10-28)42(35)27-23-39(60-3)43(55)40(24-27)61-4/h5-21,23-25,36-38,41-42,55H,22,26H2,1-4H3. The van der Waals surface area contributed by atoms with E-state index in [0.29, 0.717) is 38.9 Å². The van der Waals surface area contributed by atoms with Crippen molar-refractivity contribution < 1.29 is 33.8 Å². The average molecular weight is 836 g/mol. The fourth-order valence-electron chi connectivity index (χ4n) is 10.1. The van der Waals surface area contributed by atoms with Crippen LogP contribution in [0.1, 0.15) is 29.9 Å². The van der Waals surface area contributed by atoms with Crippen LogP contribution in [0.15, 0.2) is 137 Å². The van der Waals surface area contributed by atoms with Crippen molar-refractivity contribution in [3.8, 4) is 17.2 Å². The van der Waals surface area contributed by atoms with E-state index in [2.05, 4.69) is 10.2 Å². The Bertz CT molecular complexity index is 2620. The summed E-state index contributed by atoms with van der Waals surface area (Å²) in [7, 11) is 6.76. The van der Waals surface area contributed by atoms with E-state index >= 15 is 9.59 Å². The van der Waals surface area contributed by atoms with E-state index in [1.165, 1.54) is 24.0 Å². The molecule has 5 aromatic rings. The van der Waals surface area contributed by atoms with Crippen LogP contribution in [-0.2, 0) is 24.6 Å². The van der Waals surface area contributed by atoms with Gasteiger partial charge in [-0.2, -0.15) is 10.2 Å². The predicted octanol–water partition coefficient (Wildman–Crippen LogP) is 8.91. The minimum atomic E-state index is -1.52. The number of hydrogen-bond donors (Lipinski definition) is 1. The molecule has 0 bridgehead atoms. The van der Waals surface area contributed by atoms with Crippen molar-refractivity contribution in [1.29, 1.82) is 0 Å². The van der Waals surface area contributed by atoms with Gasteiger partial charge in [0.05, 0.1) is 60.1 Å². The molecule has 12 nitrogen and oxygen atoms in total. The number of aromatic hydroxyl groups is 1. The highest BCUT2D eigenvalue weighted by atomic mass is 35.5. The average Bonchev–Trinajstić information content (AvgIpc) is 3.67. The van der Waals surface area contributed by atoms with Crippen LogP contribution in [0, 0.1) is 23.7 Å². The first kappa shape index (κ1) is 39.7. The van der Waals surface area contributed by atoms with Crippen molar-refractivity contribution in [3.63, 3.8) is 0 Å². The zero-order valence-corrected chi connectivity index (χ0v) is 34.6.